The fraction of sp³-hybridized carbons (Fsp3) is 0. The summed E-state index contributed by atoms with van der Waals surface area (Å²) in [5.74, 6) is 0.701. The minimum atomic E-state index is -0.848. The topological polar surface area (TPSA) is 43.6 Å². The van der Waals surface area contributed by atoms with Crippen molar-refractivity contribution in [2.24, 2.45) is 0 Å². The first-order chi connectivity index (χ1) is 33.9. The summed E-state index contributed by atoms with van der Waals surface area (Å²) in [7, 11) is 0. The van der Waals surface area contributed by atoms with Crippen LogP contribution in [0.25, 0.3) is 95.0 Å². The van der Waals surface area contributed by atoms with E-state index in [0.717, 1.165) is 11.1 Å². The highest BCUT2D eigenvalue weighted by Gasteiger charge is 2.20. The van der Waals surface area contributed by atoms with Crippen molar-refractivity contribution in [3.8, 4) is 73.2 Å². The molecule has 0 spiro atoms. The van der Waals surface area contributed by atoms with Gasteiger partial charge in [-0.25, -0.2) is 15.0 Å². The molecule has 0 amide bonds. The minimum absolute atomic E-state index is 0.116. The fourth-order valence-corrected chi connectivity index (χ4v) is 6.58. The number of hydrogen-bond donors (Lipinski definition) is 0. The monoisotopic (exact) mass is 718 g/mol. The first-order valence-corrected chi connectivity index (χ1v) is 17.2. The van der Waals surface area contributed by atoms with Crippen LogP contribution in [0.1, 0.15) is 21.9 Å². The van der Waals surface area contributed by atoms with E-state index < -0.39 is 119 Å². The van der Waals surface area contributed by atoms with Crippen molar-refractivity contribution in [3.63, 3.8) is 0 Å². The van der Waals surface area contributed by atoms with Crippen LogP contribution in [-0.4, -0.2) is 19.5 Å². The molecule has 55 heavy (non-hydrogen) atoms. The third kappa shape index (κ3) is 5.96. The molecule has 0 N–H and O–H groups in total. The highest BCUT2D eigenvalue weighted by molar-refractivity contribution is 6.16. The van der Waals surface area contributed by atoms with Crippen molar-refractivity contribution in [3.05, 3.63) is 206 Å². The maximum Gasteiger partial charge on any atom is 0.166 e. The van der Waals surface area contributed by atoms with Crippen molar-refractivity contribution in [1.82, 2.24) is 19.5 Å². The molecule has 258 valence electrons. The number of aromatic nitrogens is 4. The van der Waals surface area contributed by atoms with Gasteiger partial charge in [-0.15, -0.1) is 0 Å². The van der Waals surface area contributed by atoms with E-state index in [-0.39, 0.29) is 38.9 Å². The largest absolute Gasteiger partial charge is 0.308 e. The maximum absolute atomic E-state index is 9.50. The predicted octanol–water partition coefficient (Wildman–Crippen LogP) is 13.0. The number of para-hydroxylation sites is 2. The second-order valence-corrected chi connectivity index (χ2v) is 12.4. The van der Waals surface area contributed by atoms with Gasteiger partial charge < -0.3 is 4.57 Å². The molecular formula is C51H34N4. The Balaban J connectivity index is 1.29. The standard InChI is InChI=1S/C51H34N4/c1-4-15-35(16-5-1)37-27-31-39(32-28-37)42-23-14-26-47-48(42)43-21-10-12-24-45(43)55(47)46-25-13-11-22-44(46)51-53-49(40-19-8-3-9-20-40)52-50(54-51)41-33-29-38(30-34-41)36-17-6-2-7-18-36/h1-34H/i1D,4D,5D,10D,12D,14D,15D,16D,21D,23D,24D,26D,27D,28D,31D,32D. The molecule has 0 saturated heterocycles. The highest BCUT2D eigenvalue weighted by atomic mass is 15.1. The average molecular weight is 719 g/mol. The molecule has 0 aliphatic rings. The number of rotatable bonds is 7. The highest BCUT2D eigenvalue weighted by Crippen LogP contribution is 2.41. The van der Waals surface area contributed by atoms with Gasteiger partial charge in [0, 0.05) is 27.5 Å². The van der Waals surface area contributed by atoms with E-state index in [0.29, 0.717) is 22.8 Å². The first-order valence-electron chi connectivity index (χ1n) is 25.2. The Kier molecular flexibility index (Phi) is 4.93. The van der Waals surface area contributed by atoms with Crippen molar-refractivity contribution < 1.29 is 21.9 Å². The molecule has 2 aromatic heterocycles. The molecular weight excluding hydrogens is 669 g/mol. The molecule has 0 atom stereocenters. The second kappa shape index (κ2) is 13.8. The van der Waals surface area contributed by atoms with Gasteiger partial charge >= 0.3 is 0 Å². The summed E-state index contributed by atoms with van der Waals surface area (Å²) in [6.07, 6.45) is 0. The van der Waals surface area contributed by atoms with Crippen molar-refractivity contribution in [2.75, 3.05) is 0 Å². The average Bonchev–Trinajstić information content (AvgIpc) is 3.75. The number of fused-ring (bicyclic) bond motifs is 3. The van der Waals surface area contributed by atoms with E-state index in [4.69, 9.17) is 24.5 Å². The zero-order valence-corrected chi connectivity index (χ0v) is 28.7. The van der Waals surface area contributed by atoms with E-state index >= 15 is 0 Å². The Morgan fingerprint density at radius 1 is 0.345 bits per heavy atom. The summed E-state index contributed by atoms with van der Waals surface area (Å²) >= 11 is 0. The lowest BCUT2D eigenvalue weighted by Gasteiger charge is -2.15. The van der Waals surface area contributed by atoms with Crippen molar-refractivity contribution in [1.29, 1.82) is 0 Å². The molecule has 2 heterocycles. The lowest BCUT2D eigenvalue weighted by Crippen LogP contribution is -2.03. The SMILES string of the molecule is [2H]c1c([2H])c([2H])c(-c2c([2H])c([2H])c(-c3c([2H])c([2H])c([2H])c4c3c3c([2H])c([2H])c([2H])c([2H])c3n4-c3ccccc3-c3nc(-c4ccccc4)nc(-c4ccc(-c5ccccc5)cc4)n3)c([2H])c2[2H])c([2H])c1[2H]. The first kappa shape index (κ1) is 19.6. The van der Waals surface area contributed by atoms with E-state index in [1.807, 2.05) is 84.9 Å². The Hall–Kier alpha value is -7.43. The Bertz CT molecular complexity index is 3820. The molecule has 0 fully saturated rings. The summed E-state index contributed by atoms with van der Waals surface area (Å²) in [6, 6.07) is 21.4. The zero-order valence-electron chi connectivity index (χ0n) is 44.7. The summed E-state index contributed by atoms with van der Waals surface area (Å²) < 4.78 is 145. The van der Waals surface area contributed by atoms with Crippen LogP contribution < -0.4 is 0 Å². The van der Waals surface area contributed by atoms with E-state index in [9.17, 15) is 12.3 Å². The molecule has 0 bridgehead atoms. The number of hydrogen-bond acceptors (Lipinski definition) is 3. The van der Waals surface area contributed by atoms with Crippen LogP contribution in [0.4, 0.5) is 0 Å². The lowest BCUT2D eigenvalue weighted by atomic mass is 9.97. The number of benzene rings is 8. The lowest BCUT2D eigenvalue weighted by molar-refractivity contribution is 1.06. The van der Waals surface area contributed by atoms with Crippen LogP contribution in [0.5, 0.6) is 0 Å². The van der Waals surface area contributed by atoms with E-state index in [2.05, 4.69) is 0 Å². The molecule has 10 aromatic rings. The van der Waals surface area contributed by atoms with Crippen LogP contribution in [0.2, 0.25) is 0 Å². The maximum atomic E-state index is 9.50. The van der Waals surface area contributed by atoms with Gasteiger partial charge in [0.05, 0.1) is 38.7 Å². The Morgan fingerprint density at radius 2 is 0.873 bits per heavy atom. The fourth-order valence-electron chi connectivity index (χ4n) is 6.58. The van der Waals surface area contributed by atoms with Gasteiger partial charge in [0.1, 0.15) is 0 Å². The van der Waals surface area contributed by atoms with E-state index in [1.54, 1.807) is 24.3 Å². The van der Waals surface area contributed by atoms with Gasteiger partial charge in [-0.1, -0.05) is 182 Å². The smallest absolute Gasteiger partial charge is 0.166 e. The quantitative estimate of drug-likeness (QED) is 0.165. The molecule has 4 nitrogen and oxygen atoms in total. The third-order valence-corrected chi connectivity index (χ3v) is 9.15. The molecule has 4 heteroatoms. The van der Waals surface area contributed by atoms with Gasteiger partial charge in [-0.2, -0.15) is 0 Å². The van der Waals surface area contributed by atoms with Crippen LogP contribution in [0.15, 0.2) is 206 Å². The molecule has 8 aromatic carbocycles. The van der Waals surface area contributed by atoms with Crippen LogP contribution in [-0.2, 0) is 0 Å². The van der Waals surface area contributed by atoms with Gasteiger partial charge in [0.2, 0.25) is 0 Å². The molecule has 10 rings (SSSR count). The van der Waals surface area contributed by atoms with Crippen molar-refractivity contribution >= 4 is 21.8 Å². The molecule has 0 saturated carbocycles. The molecule has 0 aliphatic heterocycles. The van der Waals surface area contributed by atoms with Gasteiger partial charge in [-0.05, 0) is 57.6 Å². The van der Waals surface area contributed by atoms with E-state index in [1.165, 1.54) is 4.57 Å². The molecule has 0 aliphatic carbocycles. The minimum Gasteiger partial charge on any atom is -0.308 e. The summed E-state index contributed by atoms with van der Waals surface area (Å²) in [4.78, 5) is 14.8. The zero-order chi connectivity index (χ0) is 50.5. The van der Waals surface area contributed by atoms with Gasteiger partial charge in [-0.3, -0.25) is 0 Å². The third-order valence-electron chi connectivity index (χ3n) is 9.15. The van der Waals surface area contributed by atoms with Crippen LogP contribution in [0, 0.1) is 0 Å². The van der Waals surface area contributed by atoms with Crippen molar-refractivity contribution in [2.45, 2.75) is 0 Å². The Labute approximate surface area is 342 Å². The predicted molar refractivity (Wildman–Crippen MR) is 227 cm³/mol. The molecule has 0 radical (unpaired) electrons. The summed E-state index contributed by atoms with van der Waals surface area (Å²) in [6.45, 7) is 0. The Morgan fingerprint density at radius 3 is 1.62 bits per heavy atom. The van der Waals surface area contributed by atoms with Crippen LogP contribution >= 0.6 is 0 Å². The second-order valence-electron chi connectivity index (χ2n) is 12.4. The number of nitrogens with zero attached hydrogens (tertiary/aromatic N) is 4. The summed E-state index contributed by atoms with van der Waals surface area (Å²) in [5.41, 5.74) is 0.993. The normalized spacial score (nSPS) is 15.3. The molecule has 0 unspecified atom stereocenters. The summed E-state index contributed by atoms with van der Waals surface area (Å²) in [5, 5.41) is -0.520. The van der Waals surface area contributed by atoms with Gasteiger partial charge in [0.25, 0.3) is 0 Å². The van der Waals surface area contributed by atoms with Crippen LogP contribution in [0.3, 0.4) is 0 Å². The van der Waals surface area contributed by atoms with Gasteiger partial charge in [0.15, 0.2) is 17.5 Å².